The normalized spacial score (nSPS) is 19.1. The second-order valence-corrected chi connectivity index (χ2v) is 3.29. The lowest BCUT2D eigenvalue weighted by Gasteiger charge is -1.96. The van der Waals surface area contributed by atoms with Crippen molar-refractivity contribution < 1.29 is 14.4 Å². The number of carboxylic acid groups (broad SMARTS) is 1. The summed E-state index contributed by atoms with van der Waals surface area (Å²) in [4.78, 5) is 14.1. The average Bonchev–Trinajstić information content (AvgIpc) is 2.61. The van der Waals surface area contributed by atoms with Crippen LogP contribution in [-0.2, 0) is 5.41 Å². The minimum atomic E-state index is -1.17. The van der Waals surface area contributed by atoms with Crippen molar-refractivity contribution in [3.8, 4) is 0 Å². The molecule has 0 bridgehead atoms. The third-order valence-electron chi connectivity index (χ3n) is 2.15. The molecule has 0 amide bonds. The van der Waals surface area contributed by atoms with E-state index in [4.69, 9.17) is 5.11 Å². The minimum absolute atomic E-state index is 0.0306. The lowest BCUT2D eigenvalue weighted by molar-refractivity contribution is 0.0643. The standard InChI is InChI=1S/C7H8N2O3/c1-7(2-3-7)6-8-4(5(10)11)12-9-6/h2-3H2,1H3,(H,10,11). The van der Waals surface area contributed by atoms with Gasteiger partial charge in [0.1, 0.15) is 0 Å². The topological polar surface area (TPSA) is 76.2 Å². The summed E-state index contributed by atoms with van der Waals surface area (Å²) in [6.45, 7) is 1.99. The first-order valence-electron chi connectivity index (χ1n) is 3.69. The third kappa shape index (κ3) is 0.975. The maximum atomic E-state index is 10.4. The van der Waals surface area contributed by atoms with Crippen molar-refractivity contribution in [3.63, 3.8) is 0 Å². The summed E-state index contributed by atoms with van der Waals surface area (Å²) in [6.07, 6.45) is 2.01. The second-order valence-electron chi connectivity index (χ2n) is 3.29. The fourth-order valence-electron chi connectivity index (χ4n) is 0.967. The Kier molecular flexibility index (Phi) is 1.25. The van der Waals surface area contributed by atoms with Gasteiger partial charge in [0, 0.05) is 5.41 Å². The summed E-state index contributed by atoms with van der Waals surface area (Å²) in [7, 11) is 0. The molecule has 1 aliphatic rings. The van der Waals surface area contributed by atoms with E-state index in [1.54, 1.807) is 0 Å². The van der Waals surface area contributed by atoms with Gasteiger partial charge in [-0.2, -0.15) is 4.98 Å². The zero-order valence-electron chi connectivity index (χ0n) is 6.57. The van der Waals surface area contributed by atoms with Crippen molar-refractivity contribution >= 4 is 5.97 Å². The number of nitrogens with zero attached hydrogens (tertiary/aromatic N) is 2. The number of hydrogen-bond acceptors (Lipinski definition) is 4. The van der Waals surface area contributed by atoms with Crippen molar-refractivity contribution in [3.05, 3.63) is 11.7 Å². The van der Waals surface area contributed by atoms with Gasteiger partial charge < -0.3 is 9.63 Å². The largest absolute Gasteiger partial charge is 0.474 e. The average molecular weight is 168 g/mol. The van der Waals surface area contributed by atoms with Crippen LogP contribution in [-0.4, -0.2) is 21.2 Å². The first-order valence-corrected chi connectivity index (χ1v) is 3.69. The van der Waals surface area contributed by atoms with Gasteiger partial charge in [0.2, 0.25) is 0 Å². The minimum Gasteiger partial charge on any atom is -0.474 e. The van der Waals surface area contributed by atoms with E-state index in [9.17, 15) is 4.79 Å². The third-order valence-corrected chi connectivity index (χ3v) is 2.15. The molecule has 5 heteroatoms. The molecule has 5 nitrogen and oxygen atoms in total. The van der Waals surface area contributed by atoms with Crippen LogP contribution in [0.5, 0.6) is 0 Å². The fourth-order valence-corrected chi connectivity index (χ4v) is 0.967. The van der Waals surface area contributed by atoms with Crippen LogP contribution in [0.25, 0.3) is 0 Å². The van der Waals surface area contributed by atoms with Crippen molar-refractivity contribution in [1.82, 2.24) is 10.1 Å². The van der Waals surface area contributed by atoms with Crippen molar-refractivity contribution in [2.45, 2.75) is 25.2 Å². The van der Waals surface area contributed by atoms with Crippen molar-refractivity contribution in [2.75, 3.05) is 0 Å². The van der Waals surface area contributed by atoms with Crippen LogP contribution in [0.15, 0.2) is 4.52 Å². The molecule has 1 aliphatic carbocycles. The molecule has 0 saturated heterocycles. The predicted octanol–water partition coefficient (Wildman–Crippen LogP) is 0.819. The molecule has 1 aromatic rings. The monoisotopic (exact) mass is 168 g/mol. The number of carbonyl (C=O) groups is 1. The molecular formula is C7H8N2O3. The summed E-state index contributed by atoms with van der Waals surface area (Å²) >= 11 is 0. The molecule has 0 aliphatic heterocycles. The van der Waals surface area contributed by atoms with E-state index in [1.807, 2.05) is 6.92 Å². The van der Waals surface area contributed by atoms with Crippen LogP contribution in [0, 0.1) is 0 Å². The van der Waals surface area contributed by atoms with Gasteiger partial charge in [0.15, 0.2) is 5.82 Å². The highest BCUT2D eigenvalue weighted by atomic mass is 16.5. The second kappa shape index (κ2) is 2.06. The van der Waals surface area contributed by atoms with Crippen LogP contribution >= 0.6 is 0 Å². The van der Waals surface area contributed by atoms with Gasteiger partial charge in [-0.3, -0.25) is 0 Å². The van der Waals surface area contributed by atoms with E-state index in [1.165, 1.54) is 0 Å². The molecule has 0 aromatic carbocycles. The van der Waals surface area contributed by atoms with Gasteiger partial charge in [0.05, 0.1) is 0 Å². The van der Waals surface area contributed by atoms with Crippen LogP contribution < -0.4 is 0 Å². The summed E-state index contributed by atoms with van der Waals surface area (Å²) in [5, 5.41) is 12.1. The maximum absolute atomic E-state index is 10.4. The lowest BCUT2D eigenvalue weighted by Crippen LogP contribution is -2.03. The lowest BCUT2D eigenvalue weighted by atomic mass is 10.1. The fraction of sp³-hybridized carbons (Fsp3) is 0.571. The van der Waals surface area contributed by atoms with Gasteiger partial charge in [-0.1, -0.05) is 12.1 Å². The Morgan fingerprint density at radius 1 is 1.67 bits per heavy atom. The number of aromatic nitrogens is 2. The van der Waals surface area contributed by atoms with E-state index in [2.05, 4.69) is 14.7 Å². The van der Waals surface area contributed by atoms with E-state index < -0.39 is 5.97 Å². The Labute approximate surface area is 68.4 Å². The highest BCUT2D eigenvalue weighted by molar-refractivity contribution is 5.81. The van der Waals surface area contributed by atoms with Crippen LogP contribution in [0.1, 0.15) is 36.3 Å². The maximum Gasteiger partial charge on any atom is 0.394 e. The number of rotatable bonds is 2. The zero-order chi connectivity index (χ0) is 8.77. The Hall–Kier alpha value is -1.39. The number of aromatic carboxylic acids is 1. The highest BCUT2D eigenvalue weighted by Crippen LogP contribution is 2.45. The Morgan fingerprint density at radius 2 is 2.33 bits per heavy atom. The Bertz CT molecular complexity index is 327. The van der Waals surface area contributed by atoms with E-state index in [-0.39, 0.29) is 11.3 Å². The highest BCUT2D eigenvalue weighted by Gasteiger charge is 2.43. The Balaban J connectivity index is 2.30. The predicted molar refractivity (Wildman–Crippen MR) is 37.8 cm³/mol. The van der Waals surface area contributed by atoms with Crippen LogP contribution in [0.2, 0.25) is 0 Å². The molecule has 12 heavy (non-hydrogen) atoms. The van der Waals surface area contributed by atoms with E-state index in [0.29, 0.717) is 5.82 Å². The number of carboxylic acids is 1. The van der Waals surface area contributed by atoms with Gasteiger partial charge in [0.25, 0.3) is 0 Å². The van der Waals surface area contributed by atoms with Crippen LogP contribution in [0.3, 0.4) is 0 Å². The first-order chi connectivity index (χ1) is 5.62. The molecule has 64 valence electrons. The molecule has 0 spiro atoms. The molecule has 1 N–H and O–H groups in total. The Morgan fingerprint density at radius 3 is 2.75 bits per heavy atom. The van der Waals surface area contributed by atoms with Crippen molar-refractivity contribution in [1.29, 1.82) is 0 Å². The van der Waals surface area contributed by atoms with E-state index >= 15 is 0 Å². The molecule has 0 unspecified atom stereocenters. The van der Waals surface area contributed by atoms with Crippen LogP contribution in [0.4, 0.5) is 0 Å². The molecule has 0 radical (unpaired) electrons. The van der Waals surface area contributed by atoms with Gasteiger partial charge in [-0.05, 0) is 12.8 Å². The number of hydrogen-bond donors (Lipinski definition) is 1. The molecule has 0 atom stereocenters. The van der Waals surface area contributed by atoms with E-state index in [0.717, 1.165) is 12.8 Å². The smallest absolute Gasteiger partial charge is 0.394 e. The molecular weight excluding hydrogens is 160 g/mol. The molecule has 1 fully saturated rings. The molecule has 1 heterocycles. The zero-order valence-corrected chi connectivity index (χ0v) is 6.57. The summed E-state index contributed by atoms with van der Waals surface area (Å²) in [5.41, 5.74) is -0.0306. The quantitative estimate of drug-likeness (QED) is 0.707. The summed E-state index contributed by atoms with van der Waals surface area (Å²) < 4.78 is 4.53. The van der Waals surface area contributed by atoms with Gasteiger partial charge in [-0.15, -0.1) is 0 Å². The summed E-state index contributed by atoms with van der Waals surface area (Å²) in [6, 6.07) is 0. The summed E-state index contributed by atoms with van der Waals surface area (Å²) in [5.74, 6) is -0.976. The van der Waals surface area contributed by atoms with Crippen molar-refractivity contribution in [2.24, 2.45) is 0 Å². The molecule has 1 saturated carbocycles. The molecule has 1 aromatic heterocycles. The molecule has 2 rings (SSSR count). The first kappa shape index (κ1) is 7.27. The van der Waals surface area contributed by atoms with Gasteiger partial charge >= 0.3 is 11.9 Å². The van der Waals surface area contributed by atoms with Gasteiger partial charge in [-0.25, -0.2) is 4.79 Å². The SMILES string of the molecule is CC1(c2noc(C(=O)O)n2)CC1.